The third kappa shape index (κ3) is 5.17. The number of nitrogens with one attached hydrogen (secondary N) is 1. The lowest BCUT2D eigenvalue weighted by Gasteiger charge is -2.26. The molecule has 19 heavy (non-hydrogen) atoms. The average molecular weight is 261 g/mol. The number of rotatable bonds is 7. The number of hydrogen-bond donors (Lipinski definition) is 1. The van der Waals surface area contributed by atoms with Crippen LogP contribution in [0.2, 0.25) is 0 Å². The van der Waals surface area contributed by atoms with Crippen molar-refractivity contribution in [2.45, 2.75) is 45.6 Å². The Balaban J connectivity index is 2.83. The Morgan fingerprint density at radius 2 is 2.42 bits per heavy atom. The maximum absolute atomic E-state index is 5.22. The Morgan fingerprint density at radius 1 is 1.63 bits per heavy atom. The Labute approximate surface area is 117 Å². The lowest BCUT2D eigenvalue weighted by Crippen LogP contribution is -2.36. The zero-order valence-corrected chi connectivity index (χ0v) is 12.5. The highest BCUT2D eigenvalue weighted by molar-refractivity contribution is 5.19. The van der Waals surface area contributed by atoms with Gasteiger partial charge in [0, 0.05) is 5.92 Å². The van der Waals surface area contributed by atoms with Crippen LogP contribution in [0.25, 0.3) is 0 Å². The standard InChI is InChI=1S/C17H27NO/c1-5-7-10-15(6-2)17(18-19-4)16-11-8-9-14(3)12-13-16/h5-6,8,11-12,16-18H,1,7,9-10,13H2,2-4H3/b15-6+. The van der Waals surface area contributed by atoms with Gasteiger partial charge in [-0.3, -0.25) is 0 Å². The van der Waals surface area contributed by atoms with Crippen LogP contribution in [0.15, 0.2) is 48.1 Å². The summed E-state index contributed by atoms with van der Waals surface area (Å²) < 4.78 is 0. The molecule has 2 nitrogen and oxygen atoms in total. The molecule has 1 rings (SSSR count). The molecule has 106 valence electrons. The van der Waals surface area contributed by atoms with Gasteiger partial charge in [-0.2, -0.15) is 5.48 Å². The van der Waals surface area contributed by atoms with Crippen LogP contribution in [0.5, 0.6) is 0 Å². The zero-order chi connectivity index (χ0) is 14.1. The van der Waals surface area contributed by atoms with Crippen molar-refractivity contribution < 1.29 is 4.84 Å². The highest BCUT2D eigenvalue weighted by atomic mass is 16.6. The molecule has 0 aromatic heterocycles. The maximum Gasteiger partial charge on any atom is 0.0596 e. The van der Waals surface area contributed by atoms with Crippen molar-refractivity contribution in [3.8, 4) is 0 Å². The summed E-state index contributed by atoms with van der Waals surface area (Å²) in [4.78, 5) is 5.22. The van der Waals surface area contributed by atoms with Crippen LogP contribution in [-0.2, 0) is 4.84 Å². The van der Waals surface area contributed by atoms with E-state index in [4.69, 9.17) is 4.84 Å². The topological polar surface area (TPSA) is 21.3 Å². The van der Waals surface area contributed by atoms with E-state index in [0.717, 1.165) is 25.7 Å². The van der Waals surface area contributed by atoms with E-state index >= 15 is 0 Å². The van der Waals surface area contributed by atoms with Crippen LogP contribution in [0.1, 0.15) is 39.5 Å². The Bertz CT molecular complexity index is 365. The van der Waals surface area contributed by atoms with Crippen molar-refractivity contribution >= 4 is 0 Å². The fraction of sp³-hybridized carbons (Fsp3) is 0.529. The summed E-state index contributed by atoms with van der Waals surface area (Å²) in [5.41, 5.74) is 6.01. The second kappa shape index (κ2) is 8.89. The highest BCUT2D eigenvalue weighted by Crippen LogP contribution is 2.25. The monoisotopic (exact) mass is 261 g/mol. The number of allylic oxidation sites excluding steroid dienone is 5. The summed E-state index contributed by atoms with van der Waals surface area (Å²) in [6.45, 7) is 8.10. The number of hydrogen-bond acceptors (Lipinski definition) is 2. The molecular weight excluding hydrogens is 234 g/mol. The van der Waals surface area contributed by atoms with Crippen molar-refractivity contribution in [3.05, 3.63) is 48.1 Å². The van der Waals surface area contributed by atoms with Gasteiger partial charge in [-0.25, -0.2) is 0 Å². The van der Waals surface area contributed by atoms with E-state index in [1.54, 1.807) is 7.11 Å². The van der Waals surface area contributed by atoms with E-state index in [1.807, 2.05) is 6.08 Å². The molecule has 0 saturated heterocycles. The van der Waals surface area contributed by atoms with Gasteiger partial charge in [-0.15, -0.1) is 6.58 Å². The fourth-order valence-electron chi connectivity index (χ4n) is 2.49. The van der Waals surface area contributed by atoms with Crippen molar-refractivity contribution in [1.82, 2.24) is 5.48 Å². The molecule has 1 N–H and O–H groups in total. The molecule has 2 heteroatoms. The van der Waals surface area contributed by atoms with Crippen LogP contribution >= 0.6 is 0 Å². The molecule has 0 aromatic carbocycles. The quantitative estimate of drug-likeness (QED) is 0.544. The molecule has 2 atom stereocenters. The molecule has 1 aliphatic carbocycles. The summed E-state index contributed by atoms with van der Waals surface area (Å²) in [7, 11) is 1.69. The minimum Gasteiger partial charge on any atom is -0.305 e. The second-order valence-corrected chi connectivity index (χ2v) is 5.07. The van der Waals surface area contributed by atoms with E-state index in [0.29, 0.717) is 5.92 Å². The summed E-state index contributed by atoms with van der Waals surface area (Å²) in [5, 5.41) is 0. The molecular formula is C17H27NO. The first-order valence-electron chi connectivity index (χ1n) is 7.09. The SMILES string of the molecule is C=CCC/C(=C\C)C(NOC)C1C=CCC(C)=CC1. The summed E-state index contributed by atoms with van der Waals surface area (Å²) in [5.74, 6) is 0.452. The summed E-state index contributed by atoms with van der Waals surface area (Å²) in [6, 6.07) is 0.244. The predicted octanol–water partition coefficient (Wildman–Crippen LogP) is 4.33. The molecule has 0 spiro atoms. The van der Waals surface area contributed by atoms with E-state index in [1.165, 1.54) is 11.1 Å². The Kier molecular flexibility index (Phi) is 7.46. The Hall–Kier alpha value is -1.12. The highest BCUT2D eigenvalue weighted by Gasteiger charge is 2.22. The molecule has 0 fully saturated rings. The van der Waals surface area contributed by atoms with E-state index in [-0.39, 0.29) is 6.04 Å². The third-order valence-electron chi connectivity index (χ3n) is 3.64. The molecule has 0 amide bonds. The molecule has 0 bridgehead atoms. The van der Waals surface area contributed by atoms with Gasteiger partial charge in [0.05, 0.1) is 13.2 Å². The van der Waals surface area contributed by atoms with Gasteiger partial charge in [0.25, 0.3) is 0 Å². The van der Waals surface area contributed by atoms with Crippen molar-refractivity contribution in [2.75, 3.05) is 7.11 Å². The first kappa shape index (κ1) is 15.9. The van der Waals surface area contributed by atoms with Crippen LogP contribution in [0, 0.1) is 5.92 Å². The van der Waals surface area contributed by atoms with Gasteiger partial charge < -0.3 is 4.84 Å². The smallest absolute Gasteiger partial charge is 0.0596 e. The van der Waals surface area contributed by atoms with Gasteiger partial charge in [-0.05, 0) is 39.5 Å². The van der Waals surface area contributed by atoms with Crippen LogP contribution in [0.3, 0.4) is 0 Å². The van der Waals surface area contributed by atoms with Gasteiger partial charge in [0.15, 0.2) is 0 Å². The lowest BCUT2D eigenvalue weighted by atomic mass is 9.88. The molecule has 2 unspecified atom stereocenters. The second-order valence-electron chi connectivity index (χ2n) is 5.07. The molecule has 0 saturated carbocycles. The first-order valence-corrected chi connectivity index (χ1v) is 7.09. The van der Waals surface area contributed by atoms with Crippen LogP contribution < -0.4 is 5.48 Å². The number of hydroxylamine groups is 1. The predicted molar refractivity (Wildman–Crippen MR) is 82.7 cm³/mol. The van der Waals surface area contributed by atoms with E-state index in [2.05, 4.69) is 50.2 Å². The van der Waals surface area contributed by atoms with Crippen molar-refractivity contribution in [1.29, 1.82) is 0 Å². The molecule has 0 aromatic rings. The molecule has 0 radical (unpaired) electrons. The maximum atomic E-state index is 5.22. The Morgan fingerprint density at radius 3 is 3.05 bits per heavy atom. The minimum absolute atomic E-state index is 0.244. The molecule has 1 aliphatic rings. The lowest BCUT2D eigenvalue weighted by molar-refractivity contribution is 0.0585. The van der Waals surface area contributed by atoms with Gasteiger partial charge >= 0.3 is 0 Å². The van der Waals surface area contributed by atoms with E-state index in [9.17, 15) is 0 Å². The van der Waals surface area contributed by atoms with Crippen molar-refractivity contribution in [3.63, 3.8) is 0 Å². The third-order valence-corrected chi connectivity index (χ3v) is 3.64. The summed E-state index contributed by atoms with van der Waals surface area (Å²) in [6.07, 6.45) is 15.3. The molecule has 0 aliphatic heterocycles. The van der Waals surface area contributed by atoms with E-state index < -0.39 is 0 Å². The summed E-state index contributed by atoms with van der Waals surface area (Å²) >= 11 is 0. The largest absolute Gasteiger partial charge is 0.305 e. The fourth-order valence-corrected chi connectivity index (χ4v) is 2.49. The van der Waals surface area contributed by atoms with Gasteiger partial charge in [-0.1, -0.05) is 41.5 Å². The first-order chi connectivity index (χ1) is 9.22. The van der Waals surface area contributed by atoms with Crippen LogP contribution in [-0.4, -0.2) is 13.2 Å². The minimum atomic E-state index is 0.244. The average Bonchev–Trinajstić information content (AvgIpc) is 2.63. The zero-order valence-electron chi connectivity index (χ0n) is 12.5. The van der Waals surface area contributed by atoms with Gasteiger partial charge in [0.2, 0.25) is 0 Å². The molecule has 0 heterocycles. The van der Waals surface area contributed by atoms with Crippen LogP contribution in [0.4, 0.5) is 0 Å². The van der Waals surface area contributed by atoms with Crippen molar-refractivity contribution in [2.24, 2.45) is 5.92 Å². The normalized spacial score (nSPS) is 21.7. The van der Waals surface area contributed by atoms with Gasteiger partial charge in [0.1, 0.15) is 0 Å².